The monoisotopic (exact) mass is 343 g/mol. The van der Waals surface area contributed by atoms with Crippen molar-refractivity contribution in [2.45, 2.75) is 25.4 Å². The van der Waals surface area contributed by atoms with Gasteiger partial charge in [0.15, 0.2) is 5.69 Å². The molecule has 1 atom stereocenters. The Bertz CT molecular complexity index is 786. The normalized spacial score (nSPS) is 17.4. The van der Waals surface area contributed by atoms with E-state index in [1.165, 1.54) is 12.1 Å². The largest absolute Gasteiger partial charge is 0.508 e. The van der Waals surface area contributed by atoms with Gasteiger partial charge in [-0.1, -0.05) is 0 Å². The van der Waals surface area contributed by atoms with Crippen molar-refractivity contribution in [3.05, 3.63) is 41.0 Å². The van der Waals surface area contributed by atoms with Crippen LogP contribution in [0.5, 0.6) is 5.75 Å². The van der Waals surface area contributed by atoms with Gasteiger partial charge < -0.3 is 10.4 Å². The van der Waals surface area contributed by atoms with Gasteiger partial charge in [0.2, 0.25) is 5.91 Å². The quantitative estimate of drug-likeness (QED) is 0.579. The summed E-state index contributed by atoms with van der Waals surface area (Å²) in [7, 11) is 0. The SMILES string of the molecule is O=C(Nc1ccc(O)cc1F)[C@H]1CCc2[nH]nc(C(F)(F)F)c2C1. The lowest BCUT2D eigenvalue weighted by Crippen LogP contribution is -2.29. The molecule has 1 aromatic carbocycles. The summed E-state index contributed by atoms with van der Waals surface area (Å²) >= 11 is 0. The average Bonchev–Trinajstić information content (AvgIpc) is 2.93. The first-order chi connectivity index (χ1) is 11.3. The minimum Gasteiger partial charge on any atom is -0.508 e. The molecule has 9 heteroatoms. The maximum absolute atomic E-state index is 13.6. The number of carbonyl (C=O) groups is 1. The lowest BCUT2D eigenvalue weighted by atomic mass is 9.85. The zero-order valence-electron chi connectivity index (χ0n) is 12.2. The van der Waals surface area contributed by atoms with Crippen LogP contribution in [-0.4, -0.2) is 21.2 Å². The molecule has 0 fully saturated rings. The van der Waals surface area contributed by atoms with Crippen LogP contribution in [0.1, 0.15) is 23.4 Å². The number of carbonyl (C=O) groups excluding carboxylic acids is 1. The fourth-order valence-electron chi connectivity index (χ4n) is 2.79. The van der Waals surface area contributed by atoms with Crippen LogP contribution in [0.25, 0.3) is 0 Å². The van der Waals surface area contributed by atoms with Crippen LogP contribution in [0.3, 0.4) is 0 Å². The summed E-state index contributed by atoms with van der Waals surface area (Å²) in [5.41, 5.74) is -0.778. The Balaban J connectivity index is 1.77. The number of rotatable bonds is 2. The van der Waals surface area contributed by atoms with Crippen LogP contribution in [-0.2, 0) is 23.8 Å². The number of halogens is 4. The van der Waals surface area contributed by atoms with E-state index in [9.17, 15) is 22.4 Å². The molecular weight excluding hydrogens is 330 g/mol. The summed E-state index contributed by atoms with van der Waals surface area (Å²) in [4.78, 5) is 12.2. The van der Waals surface area contributed by atoms with E-state index in [1.54, 1.807) is 0 Å². The van der Waals surface area contributed by atoms with Crippen molar-refractivity contribution in [1.29, 1.82) is 0 Å². The van der Waals surface area contributed by atoms with Gasteiger partial charge in [0.1, 0.15) is 11.6 Å². The topological polar surface area (TPSA) is 78.0 Å². The van der Waals surface area contributed by atoms with Gasteiger partial charge in [0.25, 0.3) is 0 Å². The highest BCUT2D eigenvalue weighted by molar-refractivity contribution is 5.93. The Morgan fingerprint density at radius 3 is 2.79 bits per heavy atom. The summed E-state index contributed by atoms with van der Waals surface area (Å²) in [6.45, 7) is 0. The summed E-state index contributed by atoms with van der Waals surface area (Å²) in [6.07, 6.45) is -4.12. The number of amides is 1. The number of phenolic OH excluding ortho intramolecular Hbond substituents is 1. The minimum absolute atomic E-state index is 0.0138. The molecular formula is C15H13F4N3O2. The molecule has 0 saturated carbocycles. The van der Waals surface area contributed by atoms with Crippen LogP contribution < -0.4 is 5.32 Å². The molecule has 2 aromatic rings. The number of aryl methyl sites for hydroxylation is 1. The molecule has 0 spiro atoms. The number of benzene rings is 1. The maximum atomic E-state index is 13.6. The van der Waals surface area contributed by atoms with E-state index in [2.05, 4.69) is 15.5 Å². The third-order valence-electron chi connectivity index (χ3n) is 4.00. The van der Waals surface area contributed by atoms with E-state index in [4.69, 9.17) is 5.11 Å². The molecule has 5 nitrogen and oxygen atoms in total. The molecule has 0 saturated heterocycles. The molecule has 1 aliphatic rings. The number of anilines is 1. The standard InChI is InChI=1S/C15H13F4N3O2/c16-10-6-8(23)2-4-12(10)20-14(24)7-1-3-11-9(5-7)13(22-21-11)15(17,18)19/h2,4,6-7,23H,1,3,5H2,(H,20,24)(H,21,22)/t7-/m0/s1. The van der Waals surface area contributed by atoms with E-state index in [-0.39, 0.29) is 29.8 Å². The lowest BCUT2D eigenvalue weighted by Gasteiger charge is -2.22. The number of nitrogens with one attached hydrogen (secondary N) is 2. The van der Waals surface area contributed by atoms with Crippen molar-refractivity contribution >= 4 is 11.6 Å². The summed E-state index contributed by atoms with van der Waals surface area (Å²) < 4.78 is 52.4. The van der Waals surface area contributed by atoms with Crippen molar-refractivity contribution in [2.24, 2.45) is 5.92 Å². The number of H-pyrrole nitrogens is 1. The number of phenols is 1. The molecule has 1 aliphatic carbocycles. The highest BCUT2D eigenvalue weighted by Crippen LogP contribution is 2.36. The van der Waals surface area contributed by atoms with Crippen molar-refractivity contribution in [1.82, 2.24) is 10.2 Å². The number of aromatic amines is 1. The Hall–Kier alpha value is -2.58. The van der Waals surface area contributed by atoms with Crippen LogP contribution in [0.2, 0.25) is 0 Å². The van der Waals surface area contributed by atoms with E-state index < -0.39 is 29.5 Å². The van der Waals surface area contributed by atoms with Crippen LogP contribution in [0.4, 0.5) is 23.2 Å². The van der Waals surface area contributed by atoms with Crippen LogP contribution in [0.15, 0.2) is 18.2 Å². The Morgan fingerprint density at radius 2 is 2.12 bits per heavy atom. The van der Waals surface area contributed by atoms with Gasteiger partial charge in [-0.3, -0.25) is 9.89 Å². The first-order valence-electron chi connectivity index (χ1n) is 7.18. The Labute approximate surface area is 133 Å². The molecule has 1 heterocycles. The third-order valence-corrected chi connectivity index (χ3v) is 4.00. The third kappa shape index (κ3) is 3.06. The number of alkyl halides is 3. The number of fused-ring (bicyclic) bond motifs is 1. The summed E-state index contributed by atoms with van der Waals surface area (Å²) in [6, 6.07) is 3.23. The summed E-state index contributed by atoms with van der Waals surface area (Å²) in [5.74, 6) is -2.40. The zero-order chi connectivity index (χ0) is 17.5. The second-order valence-electron chi connectivity index (χ2n) is 5.62. The van der Waals surface area contributed by atoms with E-state index in [0.29, 0.717) is 12.1 Å². The number of aromatic hydroxyl groups is 1. The second-order valence-corrected chi connectivity index (χ2v) is 5.62. The average molecular weight is 343 g/mol. The van der Waals surface area contributed by atoms with Crippen molar-refractivity contribution in [2.75, 3.05) is 5.32 Å². The highest BCUT2D eigenvalue weighted by Gasteiger charge is 2.40. The molecule has 24 heavy (non-hydrogen) atoms. The molecule has 128 valence electrons. The van der Waals surface area contributed by atoms with Crippen molar-refractivity contribution in [3.63, 3.8) is 0 Å². The Kier molecular flexibility index (Phi) is 3.94. The smallest absolute Gasteiger partial charge is 0.435 e. The van der Waals surface area contributed by atoms with Gasteiger partial charge in [-0.25, -0.2) is 4.39 Å². The molecule has 0 radical (unpaired) electrons. The first kappa shape index (κ1) is 16.3. The van der Waals surface area contributed by atoms with E-state index in [1.807, 2.05) is 0 Å². The van der Waals surface area contributed by atoms with E-state index >= 15 is 0 Å². The predicted octanol–water partition coefficient (Wildman–Crippen LogP) is 3.02. The second kappa shape index (κ2) is 5.81. The fraction of sp³-hybridized carbons (Fsp3) is 0.333. The van der Waals surface area contributed by atoms with Gasteiger partial charge in [-0.05, 0) is 31.4 Å². The molecule has 0 bridgehead atoms. The minimum atomic E-state index is -4.59. The van der Waals surface area contributed by atoms with Crippen molar-refractivity contribution in [3.8, 4) is 5.75 Å². The van der Waals surface area contributed by atoms with Gasteiger partial charge in [-0.15, -0.1) is 0 Å². The molecule has 3 N–H and O–H groups in total. The molecule has 3 rings (SSSR count). The summed E-state index contributed by atoms with van der Waals surface area (Å²) in [5, 5.41) is 17.2. The molecule has 0 unspecified atom stereocenters. The van der Waals surface area contributed by atoms with Crippen molar-refractivity contribution < 1.29 is 27.5 Å². The predicted molar refractivity (Wildman–Crippen MR) is 75.8 cm³/mol. The van der Waals surface area contributed by atoms with Gasteiger partial charge >= 0.3 is 6.18 Å². The van der Waals surface area contributed by atoms with Crippen LogP contribution in [0, 0.1) is 11.7 Å². The number of aromatic nitrogens is 2. The molecule has 1 aromatic heterocycles. The first-order valence-corrected chi connectivity index (χ1v) is 7.18. The van der Waals surface area contributed by atoms with Crippen LogP contribution >= 0.6 is 0 Å². The van der Waals surface area contributed by atoms with Gasteiger partial charge in [0.05, 0.1) is 5.69 Å². The maximum Gasteiger partial charge on any atom is 0.435 e. The van der Waals surface area contributed by atoms with E-state index in [0.717, 1.165) is 6.07 Å². The lowest BCUT2D eigenvalue weighted by molar-refractivity contribution is -0.142. The Morgan fingerprint density at radius 1 is 1.38 bits per heavy atom. The number of hydrogen-bond donors (Lipinski definition) is 3. The number of hydrogen-bond acceptors (Lipinski definition) is 3. The zero-order valence-corrected chi connectivity index (χ0v) is 12.2. The van der Waals surface area contributed by atoms with Gasteiger partial charge in [0, 0.05) is 23.2 Å². The molecule has 1 amide bonds. The fourth-order valence-corrected chi connectivity index (χ4v) is 2.79. The number of nitrogens with zero attached hydrogens (tertiary/aromatic N) is 1. The van der Waals surface area contributed by atoms with Gasteiger partial charge in [-0.2, -0.15) is 18.3 Å². The highest BCUT2D eigenvalue weighted by atomic mass is 19.4. The molecule has 0 aliphatic heterocycles.